The van der Waals surface area contributed by atoms with Crippen LogP contribution in [-0.4, -0.2) is 36.6 Å². The summed E-state index contributed by atoms with van der Waals surface area (Å²) >= 11 is 0. The number of hydrogen-bond donors (Lipinski definition) is 1. The lowest BCUT2D eigenvalue weighted by Crippen LogP contribution is -2.60. The van der Waals surface area contributed by atoms with Crippen LogP contribution in [0.1, 0.15) is 26.7 Å². The molecule has 1 saturated carbocycles. The molecule has 0 bridgehead atoms. The van der Waals surface area contributed by atoms with Gasteiger partial charge in [-0.05, 0) is 32.6 Å². The van der Waals surface area contributed by atoms with Crippen LogP contribution in [0.2, 0.25) is 0 Å². The average Bonchev–Trinajstić information content (AvgIpc) is 2.98. The monoisotopic (exact) mass is 192 g/mol. The van der Waals surface area contributed by atoms with Crippen molar-refractivity contribution in [3.05, 3.63) is 0 Å². The molecule has 2 nitrogen and oxygen atoms in total. The SMILES string of the molecule is CC#CCN1CCNC(C)(C2CC2)C1. The maximum Gasteiger partial charge on any atom is 0.0602 e. The maximum atomic E-state index is 3.67. The molecule has 1 unspecified atom stereocenters. The van der Waals surface area contributed by atoms with Crippen molar-refractivity contribution >= 4 is 0 Å². The van der Waals surface area contributed by atoms with Crippen LogP contribution in [0, 0.1) is 17.8 Å². The van der Waals surface area contributed by atoms with Gasteiger partial charge in [-0.1, -0.05) is 5.92 Å². The van der Waals surface area contributed by atoms with Gasteiger partial charge in [0.25, 0.3) is 0 Å². The van der Waals surface area contributed by atoms with Gasteiger partial charge in [0.15, 0.2) is 0 Å². The zero-order valence-corrected chi connectivity index (χ0v) is 9.27. The van der Waals surface area contributed by atoms with Gasteiger partial charge >= 0.3 is 0 Å². The fourth-order valence-corrected chi connectivity index (χ4v) is 2.42. The maximum absolute atomic E-state index is 3.67. The third kappa shape index (κ3) is 2.10. The summed E-state index contributed by atoms with van der Waals surface area (Å²) in [6.07, 6.45) is 2.83. The van der Waals surface area contributed by atoms with Gasteiger partial charge in [0, 0.05) is 25.2 Å². The molecule has 1 saturated heterocycles. The molecule has 0 amide bonds. The minimum Gasteiger partial charge on any atom is -0.309 e. The van der Waals surface area contributed by atoms with Gasteiger partial charge in [-0.2, -0.15) is 0 Å². The first kappa shape index (κ1) is 10.0. The Morgan fingerprint density at radius 2 is 2.29 bits per heavy atom. The van der Waals surface area contributed by atoms with Crippen molar-refractivity contribution in [3.8, 4) is 11.8 Å². The molecule has 0 aromatic rings. The normalized spacial score (nSPS) is 33.6. The Bertz CT molecular complexity index is 259. The molecule has 1 N–H and O–H groups in total. The van der Waals surface area contributed by atoms with Crippen LogP contribution in [0.4, 0.5) is 0 Å². The van der Waals surface area contributed by atoms with E-state index in [1.165, 1.54) is 19.4 Å². The quantitative estimate of drug-likeness (QED) is 0.659. The highest BCUT2D eigenvalue weighted by molar-refractivity contribution is 5.05. The van der Waals surface area contributed by atoms with Gasteiger partial charge in [0.05, 0.1) is 6.54 Å². The number of rotatable bonds is 2. The molecule has 2 fully saturated rings. The van der Waals surface area contributed by atoms with Crippen LogP contribution in [0.5, 0.6) is 0 Å². The van der Waals surface area contributed by atoms with E-state index in [9.17, 15) is 0 Å². The van der Waals surface area contributed by atoms with E-state index in [1.807, 2.05) is 6.92 Å². The van der Waals surface area contributed by atoms with Crippen molar-refractivity contribution in [2.75, 3.05) is 26.2 Å². The second kappa shape index (κ2) is 3.92. The second-order valence-corrected chi connectivity index (χ2v) is 4.76. The van der Waals surface area contributed by atoms with Crippen LogP contribution in [-0.2, 0) is 0 Å². The first-order chi connectivity index (χ1) is 6.74. The molecule has 1 aliphatic carbocycles. The summed E-state index contributed by atoms with van der Waals surface area (Å²) in [5.41, 5.74) is 0.369. The van der Waals surface area contributed by atoms with Gasteiger partial charge in [-0.3, -0.25) is 4.90 Å². The van der Waals surface area contributed by atoms with Gasteiger partial charge in [0.2, 0.25) is 0 Å². The molecular weight excluding hydrogens is 172 g/mol. The standard InChI is InChI=1S/C12H20N2/c1-3-4-8-14-9-7-13-12(2,10-14)11-5-6-11/h11,13H,5-10H2,1-2H3. The van der Waals surface area contributed by atoms with Crippen molar-refractivity contribution in [1.29, 1.82) is 0 Å². The lowest BCUT2D eigenvalue weighted by atomic mass is 9.93. The highest BCUT2D eigenvalue weighted by Crippen LogP contribution is 2.40. The average molecular weight is 192 g/mol. The predicted molar refractivity (Wildman–Crippen MR) is 59.0 cm³/mol. The minimum absolute atomic E-state index is 0.369. The summed E-state index contributed by atoms with van der Waals surface area (Å²) in [5.74, 6) is 7.05. The molecular formula is C12H20N2. The molecule has 0 aromatic heterocycles. The molecule has 1 aliphatic heterocycles. The Labute approximate surface area is 87.1 Å². The predicted octanol–water partition coefficient (Wildman–Crippen LogP) is 1.08. The molecule has 78 valence electrons. The van der Waals surface area contributed by atoms with Gasteiger partial charge in [-0.25, -0.2) is 0 Å². The summed E-state index contributed by atoms with van der Waals surface area (Å²) in [6, 6.07) is 0. The van der Waals surface area contributed by atoms with Gasteiger partial charge in [0.1, 0.15) is 0 Å². The van der Waals surface area contributed by atoms with Gasteiger partial charge < -0.3 is 5.32 Å². The minimum atomic E-state index is 0.369. The molecule has 1 heterocycles. The lowest BCUT2D eigenvalue weighted by molar-refractivity contribution is 0.140. The number of piperazine rings is 1. The topological polar surface area (TPSA) is 15.3 Å². The fraction of sp³-hybridized carbons (Fsp3) is 0.833. The fourth-order valence-electron chi connectivity index (χ4n) is 2.42. The zero-order chi connectivity index (χ0) is 10.0. The number of nitrogens with one attached hydrogen (secondary N) is 1. The molecule has 2 aliphatic rings. The van der Waals surface area contributed by atoms with Crippen molar-refractivity contribution in [2.24, 2.45) is 5.92 Å². The first-order valence-electron chi connectivity index (χ1n) is 5.61. The molecule has 1 atom stereocenters. The van der Waals surface area contributed by atoms with E-state index >= 15 is 0 Å². The molecule has 14 heavy (non-hydrogen) atoms. The Morgan fingerprint density at radius 3 is 2.93 bits per heavy atom. The summed E-state index contributed by atoms with van der Waals surface area (Å²) < 4.78 is 0. The summed E-state index contributed by atoms with van der Waals surface area (Å²) in [5, 5.41) is 3.67. The van der Waals surface area contributed by atoms with Gasteiger partial charge in [-0.15, -0.1) is 5.92 Å². The van der Waals surface area contributed by atoms with Crippen LogP contribution >= 0.6 is 0 Å². The summed E-state index contributed by atoms with van der Waals surface area (Å²) in [4.78, 5) is 2.48. The van der Waals surface area contributed by atoms with E-state index in [4.69, 9.17) is 0 Å². The third-order valence-corrected chi connectivity index (χ3v) is 3.47. The third-order valence-electron chi connectivity index (χ3n) is 3.47. The van der Waals surface area contributed by atoms with Crippen LogP contribution in [0.25, 0.3) is 0 Å². The number of hydrogen-bond acceptors (Lipinski definition) is 2. The zero-order valence-electron chi connectivity index (χ0n) is 9.27. The van der Waals surface area contributed by atoms with E-state index in [1.54, 1.807) is 0 Å². The first-order valence-corrected chi connectivity index (χ1v) is 5.61. The summed E-state index contributed by atoms with van der Waals surface area (Å²) in [7, 11) is 0. The highest BCUT2D eigenvalue weighted by atomic mass is 15.2. The molecule has 0 radical (unpaired) electrons. The molecule has 0 aromatic carbocycles. The van der Waals surface area contributed by atoms with E-state index < -0.39 is 0 Å². The van der Waals surface area contributed by atoms with E-state index in [2.05, 4.69) is 29.0 Å². The Hall–Kier alpha value is -0.520. The van der Waals surface area contributed by atoms with Crippen molar-refractivity contribution in [1.82, 2.24) is 10.2 Å². The smallest absolute Gasteiger partial charge is 0.0602 e. The van der Waals surface area contributed by atoms with Crippen LogP contribution < -0.4 is 5.32 Å². The molecule has 0 spiro atoms. The van der Waals surface area contributed by atoms with Crippen LogP contribution in [0.3, 0.4) is 0 Å². The molecule has 2 heteroatoms. The Kier molecular flexibility index (Phi) is 2.80. The van der Waals surface area contributed by atoms with E-state index in [0.29, 0.717) is 5.54 Å². The second-order valence-electron chi connectivity index (χ2n) is 4.76. The lowest BCUT2D eigenvalue weighted by Gasteiger charge is -2.41. The highest BCUT2D eigenvalue weighted by Gasteiger charge is 2.43. The Balaban J connectivity index is 1.91. The Morgan fingerprint density at radius 1 is 1.50 bits per heavy atom. The number of nitrogens with zero attached hydrogens (tertiary/aromatic N) is 1. The van der Waals surface area contributed by atoms with Crippen molar-refractivity contribution < 1.29 is 0 Å². The van der Waals surface area contributed by atoms with E-state index in [0.717, 1.165) is 25.6 Å². The largest absolute Gasteiger partial charge is 0.309 e. The van der Waals surface area contributed by atoms with Crippen molar-refractivity contribution in [3.63, 3.8) is 0 Å². The van der Waals surface area contributed by atoms with E-state index in [-0.39, 0.29) is 0 Å². The van der Waals surface area contributed by atoms with Crippen LogP contribution in [0.15, 0.2) is 0 Å². The summed E-state index contributed by atoms with van der Waals surface area (Å²) in [6.45, 7) is 8.68. The van der Waals surface area contributed by atoms with Crippen molar-refractivity contribution in [2.45, 2.75) is 32.2 Å². The molecule has 2 rings (SSSR count).